The molecule has 2 heterocycles. The number of aromatic amines is 1. The van der Waals surface area contributed by atoms with Gasteiger partial charge in [0.05, 0.1) is 22.0 Å². The van der Waals surface area contributed by atoms with E-state index in [2.05, 4.69) is 9.97 Å². The molecule has 0 radical (unpaired) electrons. The van der Waals surface area contributed by atoms with Crippen LogP contribution in [0.15, 0.2) is 36.5 Å². The van der Waals surface area contributed by atoms with Gasteiger partial charge in [-0.15, -0.1) is 0 Å². The van der Waals surface area contributed by atoms with E-state index in [1.54, 1.807) is 18.3 Å². The van der Waals surface area contributed by atoms with Crippen molar-refractivity contribution in [2.45, 2.75) is 0 Å². The fraction of sp³-hybridized carbons (Fsp3) is 0. The maximum Gasteiger partial charge on any atom is 0.152 e. The van der Waals surface area contributed by atoms with E-state index in [0.29, 0.717) is 32.4 Å². The van der Waals surface area contributed by atoms with E-state index < -0.39 is 0 Å². The molecular formula is C14H8Cl2N2O. The van der Waals surface area contributed by atoms with Crippen molar-refractivity contribution in [3.05, 3.63) is 52.1 Å². The highest BCUT2D eigenvalue weighted by molar-refractivity contribution is 6.39. The Labute approximate surface area is 119 Å². The second-order valence-electron chi connectivity index (χ2n) is 4.06. The van der Waals surface area contributed by atoms with Crippen molar-refractivity contribution in [2.75, 3.05) is 0 Å². The van der Waals surface area contributed by atoms with Crippen molar-refractivity contribution in [1.29, 1.82) is 0 Å². The van der Waals surface area contributed by atoms with Crippen LogP contribution in [0.3, 0.4) is 0 Å². The zero-order chi connectivity index (χ0) is 13.4. The molecule has 0 unspecified atom stereocenters. The second kappa shape index (κ2) is 4.68. The molecule has 94 valence electrons. The van der Waals surface area contributed by atoms with E-state index in [0.717, 1.165) is 11.8 Å². The van der Waals surface area contributed by atoms with E-state index in [1.165, 1.54) is 0 Å². The number of nitrogens with one attached hydrogen (secondary N) is 1. The fourth-order valence-electron chi connectivity index (χ4n) is 2.10. The summed E-state index contributed by atoms with van der Waals surface area (Å²) in [6, 6.07) is 8.86. The van der Waals surface area contributed by atoms with Gasteiger partial charge in [0.25, 0.3) is 0 Å². The molecule has 0 bridgehead atoms. The zero-order valence-corrected chi connectivity index (χ0v) is 11.2. The molecule has 3 aromatic rings. The van der Waals surface area contributed by atoms with Crippen molar-refractivity contribution < 1.29 is 4.79 Å². The molecule has 3 nitrogen and oxygen atoms in total. The van der Waals surface area contributed by atoms with Gasteiger partial charge in [0.1, 0.15) is 0 Å². The zero-order valence-electron chi connectivity index (χ0n) is 9.65. The van der Waals surface area contributed by atoms with Crippen molar-refractivity contribution in [1.82, 2.24) is 9.97 Å². The topological polar surface area (TPSA) is 45.8 Å². The smallest absolute Gasteiger partial charge is 0.152 e. The summed E-state index contributed by atoms with van der Waals surface area (Å²) in [5.41, 5.74) is 2.55. The lowest BCUT2D eigenvalue weighted by Crippen LogP contribution is -1.87. The minimum absolute atomic E-state index is 0.447. The van der Waals surface area contributed by atoms with Gasteiger partial charge < -0.3 is 4.98 Å². The van der Waals surface area contributed by atoms with Crippen LogP contribution in [0.2, 0.25) is 10.0 Å². The number of benzene rings is 1. The van der Waals surface area contributed by atoms with Crippen molar-refractivity contribution in [3.63, 3.8) is 0 Å². The molecule has 19 heavy (non-hydrogen) atoms. The summed E-state index contributed by atoms with van der Waals surface area (Å²) in [6.07, 6.45) is 2.45. The number of hydrogen-bond donors (Lipinski definition) is 1. The maximum atomic E-state index is 11.4. The molecule has 2 aromatic heterocycles. The summed E-state index contributed by atoms with van der Waals surface area (Å²) in [5.74, 6) is 0. The van der Waals surface area contributed by atoms with Crippen molar-refractivity contribution in [3.8, 4) is 11.4 Å². The van der Waals surface area contributed by atoms with Crippen LogP contribution in [-0.4, -0.2) is 16.3 Å². The highest BCUT2D eigenvalue weighted by Crippen LogP contribution is 2.34. The van der Waals surface area contributed by atoms with Crippen LogP contribution in [0.4, 0.5) is 0 Å². The van der Waals surface area contributed by atoms with Gasteiger partial charge in [0.15, 0.2) is 6.29 Å². The van der Waals surface area contributed by atoms with Crippen LogP contribution in [0.1, 0.15) is 10.4 Å². The van der Waals surface area contributed by atoms with Gasteiger partial charge in [-0.05, 0) is 24.3 Å². The third-order valence-corrected chi connectivity index (χ3v) is 3.41. The lowest BCUT2D eigenvalue weighted by atomic mass is 10.1. The summed E-state index contributed by atoms with van der Waals surface area (Å²) in [6.45, 7) is 0. The summed E-state index contributed by atoms with van der Waals surface area (Å²) >= 11 is 12.1. The number of halogens is 2. The van der Waals surface area contributed by atoms with E-state index in [4.69, 9.17) is 23.2 Å². The Balaban J connectivity index is 2.38. The quantitative estimate of drug-likeness (QED) is 0.713. The number of rotatable bonds is 2. The maximum absolute atomic E-state index is 11.4. The van der Waals surface area contributed by atoms with Crippen LogP contribution in [0, 0.1) is 0 Å². The molecule has 0 aliphatic rings. The summed E-state index contributed by atoms with van der Waals surface area (Å²) in [7, 11) is 0. The number of hydrogen-bond acceptors (Lipinski definition) is 2. The third kappa shape index (κ3) is 2.01. The summed E-state index contributed by atoms with van der Waals surface area (Å²) < 4.78 is 0. The van der Waals surface area contributed by atoms with Gasteiger partial charge in [0.2, 0.25) is 0 Å². The van der Waals surface area contributed by atoms with Crippen LogP contribution in [-0.2, 0) is 0 Å². The Morgan fingerprint density at radius 1 is 1.21 bits per heavy atom. The number of H-pyrrole nitrogens is 1. The predicted octanol–water partition coefficient (Wildman–Crippen LogP) is 4.35. The number of nitrogens with zero attached hydrogens (tertiary/aromatic N) is 1. The van der Waals surface area contributed by atoms with Gasteiger partial charge in [-0.25, -0.2) is 0 Å². The Hall–Kier alpha value is -1.84. The molecule has 0 aliphatic carbocycles. The first-order valence-corrected chi connectivity index (χ1v) is 6.33. The average molecular weight is 291 g/mol. The monoisotopic (exact) mass is 290 g/mol. The molecule has 0 saturated heterocycles. The first-order chi connectivity index (χ1) is 9.20. The molecule has 0 saturated carbocycles. The Morgan fingerprint density at radius 2 is 2.05 bits per heavy atom. The van der Waals surface area contributed by atoms with Gasteiger partial charge in [-0.3, -0.25) is 9.78 Å². The SMILES string of the molecule is O=Cc1c(-c2ccccn2)[nH]c2cc(Cl)cc(Cl)c12. The van der Waals surface area contributed by atoms with E-state index in [-0.39, 0.29) is 0 Å². The number of carbonyl (C=O) groups is 1. The Morgan fingerprint density at radius 3 is 2.74 bits per heavy atom. The molecule has 0 atom stereocenters. The number of pyridine rings is 1. The summed E-state index contributed by atoms with van der Waals surface area (Å²) in [5, 5.41) is 1.63. The van der Waals surface area contributed by atoms with Gasteiger partial charge in [-0.2, -0.15) is 0 Å². The molecule has 1 N–H and O–H groups in total. The van der Waals surface area contributed by atoms with Crippen LogP contribution < -0.4 is 0 Å². The lowest BCUT2D eigenvalue weighted by Gasteiger charge is -1.98. The largest absolute Gasteiger partial charge is 0.353 e. The van der Waals surface area contributed by atoms with Crippen LogP contribution in [0.25, 0.3) is 22.3 Å². The van der Waals surface area contributed by atoms with Crippen molar-refractivity contribution >= 4 is 40.4 Å². The molecule has 5 heteroatoms. The van der Waals surface area contributed by atoms with Crippen LogP contribution >= 0.6 is 23.2 Å². The van der Waals surface area contributed by atoms with E-state index >= 15 is 0 Å². The number of aldehydes is 1. The normalized spacial score (nSPS) is 10.8. The van der Waals surface area contributed by atoms with Gasteiger partial charge in [-0.1, -0.05) is 29.3 Å². The highest BCUT2D eigenvalue weighted by Gasteiger charge is 2.16. The molecular weight excluding hydrogens is 283 g/mol. The van der Waals surface area contributed by atoms with Gasteiger partial charge >= 0.3 is 0 Å². The van der Waals surface area contributed by atoms with Crippen LogP contribution in [0.5, 0.6) is 0 Å². The van der Waals surface area contributed by atoms with E-state index in [9.17, 15) is 4.79 Å². The summed E-state index contributed by atoms with van der Waals surface area (Å²) in [4.78, 5) is 18.8. The fourth-order valence-corrected chi connectivity index (χ4v) is 2.70. The second-order valence-corrected chi connectivity index (χ2v) is 4.90. The average Bonchev–Trinajstić information content (AvgIpc) is 2.78. The standard InChI is InChI=1S/C14H8Cl2N2O/c15-8-5-10(16)13-9(7-19)14(18-12(13)6-8)11-3-1-2-4-17-11/h1-7,18H. The van der Waals surface area contributed by atoms with Crippen molar-refractivity contribution in [2.24, 2.45) is 0 Å². The number of carbonyl (C=O) groups excluding carboxylic acids is 1. The predicted molar refractivity (Wildman–Crippen MR) is 76.9 cm³/mol. The Bertz CT molecular complexity index is 766. The first-order valence-electron chi connectivity index (χ1n) is 5.58. The minimum Gasteiger partial charge on any atom is -0.353 e. The molecule has 3 rings (SSSR count). The van der Waals surface area contributed by atoms with E-state index in [1.807, 2.05) is 18.2 Å². The molecule has 1 aromatic carbocycles. The molecule has 0 fully saturated rings. The lowest BCUT2D eigenvalue weighted by molar-refractivity contribution is 0.112. The first kappa shape index (κ1) is 12.2. The highest BCUT2D eigenvalue weighted by atomic mass is 35.5. The minimum atomic E-state index is 0.447. The number of aromatic nitrogens is 2. The van der Waals surface area contributed by atoms with Gasteiger partial charge in [0, 0.05) is 22.1 Å². The third-order valence-electron chi connectivity index (χ3n) is 2.89. The molecule has 0 amide bonds. The number of fused-ring (bicyclic) bond motifs is 1. The Kier molecular flexibility index (Phi) is 3.01. The molecule has 0 spiro atoms. The molecule has 0 aliphatic heterocycles.